The summed E-state index contributed by atoms with van der Waals surface area (Å²) in [4.78, 5) is 17.7. The third kappa shape index (κ3) is 4.03. The van der Waals surface area contributed by atoms with E-state index < -0.39 is 16.1 Å². The summed E-state index contributed by atoms with van der Waals surface area (Å²) in [6.45, 7) is 4.81. The summed E-state index contributed by atoms with van der Waals surface area (Å²) >= 11 is 0. The van der Waals surface area contributed by atoms with E-state index in [1.807, 2.05) is 38.1 Å². The number of aromatic nitrogens is 2. The van der Waals surface area contributed by atoms with Crippen LogP contribution in [0.5, 0.6) is 5.75 Å². The number of carbonyl (C=O) groups is 1. The van der Waals surface area contributed by atoms with Crippen molar-refractivity contribution in [3.8, 4) is 5.75 Å². The van der Waals surface area contributed by atoms with E-state index in [2.05, 4.69) is 10.3 Å². The molecule has 0 unspecified atom stereocenters. The van der Waals surface area contributed by atoms with E-state index >= 15 is 0 Å². The number of phenols is 1. The van der Waals surface area contributed by atoms with Crippen LogP contribution in [0.15, 0.2) is 53.7 Å². The first-order valence-corrected chi connectivity index (χ1v) is 11.8. The predicted octanol–water partition coefficient (Wildman–Crippen LogP) is 3.36. The number of rotatable bonds is 6. The lowest BCUT2D eigenvalue weighted by Gasteiger charge is -2.23. The van der Waals surface area contributed by atoms with Gasteiger partial charge in [-0.2, -0.15) is 4.31 Å². The van der Waals surface area contributed by atoms with Crippen LogP contribution in [0.25, 0.3) is 11.0 Å². The number of benzene rings is 2. The first-order chi connectivity index (χ1) is 14.8. The summed E-state index contributed by atoms with van der Waals surface area (Å²) in [5, 5.41) is 13.0. The lowest BCUT2D eigenvalue weighted by molar-refractivity contribution is -0.120. The summed E-state index contributed by atoms with van der Waals surface area (Å²) < 4.78 is 29.0. The molecule has 1 amide bonds. The minimum absolute atomic E-state index is 0.0525. The Bertz CT molecular complexity index is 1210. The molecule has 2 N–H and O–H groups in total. The number of nitrogens with zero attached hydrogens (tertiary/aromatic N) is 3. The average molecular weight is 443 g/mol. The van der Waals surface area contributed by atoms with Gasteiger partial charge < -0.3 is 15.0 Å². The molecule has 2 heterocycles. The Morgan fingerprint density at radius 3 is 2.55 bits per heavy atom. The van der Waals surface area contributed by atoms with Crippen molar-refractivity contribution in [2.45, 2.75) is 37.6 Å². The number of hydrogen-bond donors (Lipinski definition) is 2. The Morgan fingerprint density at radius 2 is 1.84 bits per heavy atom. The number of aromatic hydroxyl groups is 1. The maximum Gasteiger partial charge on any atom is 0.247 e. The lowest BCUT2D eigenvalue weighted by Crippen LogP contribution is -2.30. The van der Waals surface area contributed by atoms with E-state index in [1.54, 1.807) is 10.9 Å². The van der Waals surface area contributed by atoms with E-state index in [0.29, 0.717) is 13.1 Å². The summed E-state index contributed by atoms with van der Waals surface area (Å²) in [5.74, 6) is -0.618. The molecule has 1 saturated heterocycles. The van der Waals surface area contributed by atoms with Crippen LogP contribution < -0.4 is 5.32 Å². The van der Waals surface area contributed by atoms with Gasteiger partial charge in [-0.3, -0.25) is 4.79 Å². The smallest absolute Gasteiger partial charge is 0.247 e. The molecule has 1 aliphatic rings. The van der Waals surface area contributed by atoms with Crippen molar-refractivity contribution in [2.75, 3.05) is 18.4 Å². The summed E-state index contributed by atoms with van der Waals surface area (Å²) in [5.41, 5.74) is 1.67. The van der Waals surface area contributed by atoms with Gasteiger partial charge in [0, 0.05) is 13.1 Å². The molecule has 1 atom stereocenters. The first-order valence-electron chi connectivity index (χ1n) is 10.3. The number of phenolic OH excluding ortho intramolecular Hbond substituents is 1. The summed E-state index contributed by atoms with van der Waals surface area (Å²) in [6.07, 6.45) is 3.29. The van der Waals surface area contributed by atoms with Crippen LogP contribution in [0.4, 0.5) is 5.69 Å². The molecule has 1 aromatic heterocycles. The van der Waals surface area contributed by atoms with Crippen molar-refractivity contribution in [1.29, 1.82) is 0 Å². The second-order valence-electron chi connectivity index (χ2n) is 8.11. The zero-order valence-corrected chi connectivity index (χ0v) is 18.3. The predicted molar refractivity (Wildman–Crippen MR) is 118 cm³/mol. The fraction of sp³-hybridized carbons (Fsp3) is 0.364. The van der Waals surface area contributed by atoms with Gasteiger partial charge in [0.25, 0.3) is 0 Å². The van der Waals surface area contributed by atoms with E-state index in [9.17, 15) is 18.3 Å². The Balaban J connectivity index is 1.65. The van der Waals surface area contributed by atoms with Crippen LogP contribution in [-0.2, 0) is 14.8 Å². The average Bonchev–Trinajstić information content (AvgIpc) is 3.41. The van der Waals surface area contributed by atoms with Crippen LogP contribution in [0.1, 0.15) is 32.7 Å². The maximum atomic E-state index is 13.2. The largest absolute Gasteiger partial charge is 0.506 e. The summed E-state index contributed by atoms with van der Waals surface area (Å²) in [7, 11) is -3.67. The SMILES string of the molecule is CC(C)[C@H](C(=O)Nc1cc(S(=O)(=O)N2CCCC2)ccc1O)n1cnc2ccccc21. The number of anilines is 1. The molecule has 9 heteroatoms. The van der Waals surface area contributed by atoms with Gasteiger partial charge in [0.2, 0.25) is 15.9 Å². The molecule has 164 valence electrons. The molecule has 4 rings (SSSR count). The number of para-hydroxylation sites is 2. The molecule has 2 aromatic carbocycles. The number of hydrogen-bond acceptors (Lipinski definition) is 5. The molecule has 0 radical (unpaired) electrons. The van der Waals surface area contributed by atoms with Crippen molar-refractivity contribution in [3.63, 3.8) is 0 Å². The highest BCUT2D eigenvalue weighted by atomic mass is 32.2. The highest BCUT2D eigenvalue weighted by Crippen LogP contribution is 2.31. The number of nitrogens with one attached hydrogen (secondary N) is 1. The van der Waals surface area contributed by atoms with E-state index in [-0.39, 0.29) is 28.2 Å². The minimum atomic E-state index is -3.67. The highest BCUT2D eigenvalue weighted by molar-refractivity contribution is 7.89. The second-order valence-corrected chi connectivity index (χ2v) is 10.0. The molecule has 1 aliphatic heterocycles. The number of carbonyl (C=O) groups excluding carboxylic acids is 1. The summed E-state index contributed by atoms with van der Waals surface area (Å²) in [6, 6.07) is 10.9. The highest BCUT2D eigenvalue weighted by Gasteiger charge is 2.29. The van der Waals surface area contributed by atoms with Crippen LogP contribution in [0.2, 0.25) is 0 Å². The van der Waals surface area contributed by atoms with Gasteiger partial charge in [-0.25, -0.2) is 13.4 Å². The molecule has 0 spiro atoms. The van der Waals surface area contributed by atoms with Crippen molar-refractivity contribution in [1.82, 2.24) is 13.9 Å². The lowest BCUT2D eigenvalue weighted by atomic mass is 10.0. The van der Waals surface area contributed by atoms with Crippen LogP contribution in [0, 0.1) is 5.92 Å². The standard InChI is InChI=1S/C22H26N4O4S/c1-15(2)21(26-14-23-17-7-3-4-8-19(17)26)22(28)24-18-13-16(9-10-20(18)27)31(29,30)25-11-5-6-12-25/h3-4,7-10,13-15,21,27H,5-6,11-12H2,1-2H3,(H,24,28)/t21-/m1/s1. The zero-order chi connectivity index (χ0) is 22.2. The fourth-order valence-electron chi connectivity index (χ4n) is 4.01. The fourth-order valence-corrected chi connectivity index (χ4v) is 5.55. The van der Waals surface area contributed by atoms with Crippen molar-refractivity contribution < 1.29 is 18.3 Å². The molecular weight excluding hydrogens is 416 g/mol. The van der Waals surface area contributed by atoms with Gasteiger partial charge in [-0.05, 0) is 49.1 Å². The van der Waals surface area contributed by atoms with E-state index in [1.165, 1.54) is 22.5 Å². The quantitative estimate of drug-likeness (QED) is 0.570. The monoisotopic (exact) mass is 442 g/mol. The topological polar surface area (TPSA) is 105 Å². The third-order valence-electron chi connectivity index (χ3n) is 5.61. The Labute approximate surface area is 181 Å². The molecule has 0 bridgehead atoms. The zero-order valence-electron chi connectivity index (χ0n) is 17.5. The molecular formula is C22H26N4O4S. The number of fused-ring (bicyclic) bond motifs is 1. The second kappa shape index (κ2) is 8.32. The third-order valence-corrected chi connectivity index (χ3v) is 7.50. The van der Waals surface area contributed by atoms with Crippen molar-refractivity contribution in [3.05, 3.63) is 48.8 Å². The number of amides is 1. The number of sulfonamides is 1. The van der Waals surface area contributed by atoms with Gasteiger partial charge >= 0.3 is 0 Å². The van der Waals surface area contributed by atoms with Crippen LogP contribution >= 0.6 is 0 Å². The van der Waals surface area contributed by atoms with E-state index in [4.69, 9.17) is 0 Å². The van der Waals surface area contributed by atoms with Crippen LogP contribution in [-0.4, -0.2) is 46.4 Å². The molecule has 1 fully saturated rings. The molecule has 0 saturated carbocycles. The van der Waals surface area contributed by atoms with Crippen LogP contribution in [0.3, 0.4) is 0 Å². The number of imidazole rings is 1. The Morgan fingerprint density at radius 1 is 1.13 bits per heavy atom. The van der Waals surface area contributed by atoms with Gasteiger partial charge in [0.15, 0.2) is 0 Å². The van der Waals surface area contributed by atoms with Crippen molar-refractivity contribution >= 4 is 32.7 Å². The molecule has 31 heavy (non-hydrogen) atoms. The first kappa shape index (κ1) is 21.3. The Hall–Kier alpha value is -2.91. The Kier molecular flexibility index (Phi) is 5.72. The molecule has 3 aromatic rings. The minimum Gasteiger partial charge on any atom is -0.506 e. The van der Waals surface area contributed by atoms with Gasteiger partial charge in [0.1, 0.15) is 11.8 Å². The van der Waals surface area contributed by atoms with Crippen molar-refractivity contribution in [2.24, 2.45) is 5.92 Å². The molecule has 0 aliphatic carbocycles. The molecule has 8 nitrogen and oxygen atoms in total. The van der Waals surface area contributed by atoms with E-state index in [0.717, 1.165) is 23.9 Å². The van der Waals surface area contributed by atoms with Gasteiger partial charge in [-0.1, -0.05) is 26.0 Å². The normalized spacial score (nSPS) is 16.1. The van der Waals surface area contributed by atoms with Gasteiger partial charge in [0.05, 0.1) is 27.9 Å². The maximum absolute atomic E-state index is 13.2. The van der Waals surface area contributed by atoms with Gasteiger partial charge in [-0.15, -0.1) is 0 Å².